The van der Waals surface area contributed by atoms with E-state index in [9.17, 15) is 0 Å². The van der Waals surface area contributed by atoms with Gasteiger partial charge in [-0.3, -0.25) is 9.67 Å². The third-order valence-electron chi connectivity index (χ3n) is 5.78. The Morgan fingerprint density at radius 1 is 1.33 bits per heavy atom. The van der Waals surface area contributed by atoms with Gasteiger partial charge in [0.25, 0.3) is 0 Å². The van der Waals surface area contributed by atoms with Crippen molar-refractivity contribution in [3.8, 4) is 0 Å². The lowest BCUT2D eigenvalue weighted by Gasteiger charge is -2.28. The summed E-state index contributed by atoms with van der Waals surface area (Å²) in [6.07, 6.45) is 10.9. The molecule has 5 nitrogen and oxygen atoms in total. The number of likely N-dealkylation sites (tertiary alicyclic amines) is 1. The second kappa shape index (κ2) is 8.04. The van der Waals surface area contributed by atoms with Gasteiger partial charge in [-0.25, -0.2) is 0 Å². The minimum atomic E-state index is 0.580. The van der Waals surface area contributed by atoms with E-state index in [2.05, 4.69) is 35.4 Å². The molecule has 2 heterocycles. The molecule has 0 spiro atoms. The minimum Gasteiger partial charge on any atom is -0.357 e. The van der Waals surface area contributed by atoms with E-state index in [4.69, 9.17) is 4.99 Å². The van der Waals surface area contributed by atoms with Gasteiger partial charge in [-0.05, 0) is 37.2 Å². The first-order chi connectivity index (χ1) is 11.7. The van der Waals surface area contributed by atoms with E-state index in [0.717, 1.165) is 44.0 Å². The van der Waals surface area contributed by atoms with Crippen molar-refractivity contribution < 1.29 is 0 Å². The van der Waals surface area contributed by atoms with Crippen molar-refractivity contribution in [1.29, 1.82) is 0 Å². The fraction of sp³-hybridized carbons (Fsp3) is 0.789. The molecule has 5 heteroatoms. The summed E-state index contributed by atoms with van der Waals surface area (Å²) >= 11 is 0. The lowest BCUT2D eigenvalue weighted by atomic mass is 9.80. The third-order valence-corrected chi connectivity index (χ3v) is 5.78. The highest BCUT2D eigenvalue weighted by Gasteiger charge is 2.27. The lowest BCUT2D eigenvalue weighted by molar-refractivity contribution is 0.263. The number of guanidine groups is 1. The SMILES string of the molecule is CCNC(=NCC1CCCCC1C)N1CCC(c2cnn(C)c2)C1. The molecule has 0 amide bonds. The van der Waals surface area contributed by atoms with Gasteiger partial charge < -0.3 is 10.2 Å². The van der Waals surface area contributed by atoms with Gasteiger partial charge in [-0.1, -0.05) is 26.2 Å². The number of nitrogens with one attached hydrogen (secondary N) is 1. The molecule has 1 aromatic heterocycles. The summed E-state index contributed by atoms with van der Waals surface area (Å²) in [5.41, 5.74) is 1.36. The maximum absolute atomic E-state index is 5.01. The Bertz CT molecular complexity index is 550. The van der Waals surface area contributed by atoms with Gasteiger partial charge in [0, 0.05) is 45.3 Å². The van der Waals surface area contributed by atoms with Crippen molar-refractivity contribution in [3.05, 3.63) is 18.0 Å². The molecule has 1 aliphatic carbocycles. The first-order valence-corrected chi connectivity index (χ1v) is 9.69. The first kappa shape index (κ1) is 17.3. The Morgan fingerprint density at radius 3 is 2.88 bits per heavy atom. The number of hydrogen-bond donors (Lipinski definition) is 1. The molecular weight excluding hydrogens is 298 g/mol. The van der Waals surface area contributed by atoms with Crippen molar-refractivity contribution in [1.82, 2.24) is 20.0 Å². The van der Waals surface area contributed by atoms with E-state index in [1.54, 1.807) is 0 Å². The maximum Gasteiger partial charge on any atom is 0.193 e. The normalized spacial score (nSPS) is 28.4. The standard InChI is InChI=1S/C19H33N5/c1-4-20-19(21-11-16-8-6-5-7-15(16)2)24-10-9-17(14-24)18-12-22-23(3)13-18/h12-13,15-17H,4-11,14H2,1-3H3,(H,20,21). The molecule has 0 bridgehead atoms. The van der Waals surface area contributed by atoms with Crippen LogP contribution in [0.1, 0.15) is 57.4 Å². The molecule has 134 valence electrons. The van der Waals surface area contributed by atoms with Crippen molar-refractivity contribution in [2.45, 2.75) is 51.9 Å². The lowest BCUT2D eigenvalue weighted by Crippen LogP contribution is -2.40. The summed E-state index contributed by atoms with van der Waals surface area (Å²) in [4.78, 5) is 7.45. The Morgan fingerprint density at radius 2 is 2.17 bits per heavy atom. The van der Waals surface area contributed by atoms with Gasteiger partial charge in [-0.15, -0.1) is 0 Å². The average Bonchev–Trinajstić information content (AvgIpc) is 3.21. The minimum absolute atomic E-state index is 0.580. The maximum atomic E-state index is 5.01. The second-order valence-corrected chi connectivity index (χ2v) is 7.60. The molecule has 0 radical (unpaired) electrons. The summed E-state index contributed by atoms with van der Waals surface area (Å²) in [5.74, 6) is 3.29. The predicted molar refractivity (Wildman–Crippen MR) is 99.2 cm³/mol. The van der Waals surface area contributed by atoms with Crippen LogP contribution in [0.15, 0.2) is 17.4 Å². The summed E-state index contributed by atoms with van der Waals surface area (Å²) in [7, 11) is 1.99. The van der Waals surface area contributed by atoms with E-state index < -0.39 is 0 Å². The Balaban J connectivity index is 1.61. The van der Waals surface area contributed by atoms with Crippen LogP contribution in [0.2, 0.25) is 0 Å². The molecule has 3 unspecified atom stereocenters. The number of nitrogens with zero attached hydrogens (tertiary/aromatic N) is 4. The molecule has 2 aliphatic rings. The van der Waals surface area contributed by atoms with Gasteiger partial charge in [0.05, 0.1) is 6.20 Å². The van der Waals surface area contributed by atoms with Crippen LogP contribution in [-0.4, -0.2) is 46.8 Å². The van der Waals surface area contributed by atoms with Crippen molar-refractivity contribution in [3.63, 3.8) is 0 Å². The number of aryl methyl sites for hydroxylation is 1. The smallest absolute Gasteiger partial charge is 0.193 e. The topological polar surface area (TPSA) is 45.5 Å². The van der Waals surface area contributed by atoms with Crippen LogP contribution in [0.25, 0.3) is 0 Å². The van der Waals surface area contributed by atoms with Gasteiger partial charge in [-0.2, -0.15) is 5.10 Å². The van der Waals surface area contributed by atoms with E-state index >= 15 is 0 Å². The molecule has 1 aliphatic heterocycles. The van der Waals surface area contributed by atoms with E-state index in [1.807, 2.05) is 17.9 Å². The van der Waals surface area contributed by atoms with Crippen LogP contribution in [-0.2, 0) is 7.05 Å². The molecule has 0 aromatic carbocycles. The van der Waals surface area contributed by atoms with Crippen molar-refractivity contribution in [2.24, 2.45) is 23.9 Å². The summed E-state index contributed by atoms with van der Waals surface area (Å²) in [6, 6.07) is 0. The Kier molecular flexibility index (Phi) is 5.80. The highest BCUT2D eigenvalue weighted by Crippen LogP contribution is 2.30. The molecule has 24 heavy (non-hydrogen) atoms. The number of rotatable bonds is 4. The number of hydrogen-bond acceptors (Lipinski definition) is 2. The van der Waals surface area contributed by atoms with E-state index in [0.29, 0.717) is 5.92 Å². The first-order valence-electron chi connectivity index (χ1n) is 9.69. The van der Waals surface area contributed by atoms with Crippen LogP contribution in [0.3, 0.4) is 0 Å². The largest absolute Gasteiger partial charge is 0.357 e. The molecule has 1 N–H and O–H groups in total. The quantitative estimate of drug-likeness (QED) is 0.681. The zero-order valence-corrected chi connectivity index (χ0v) is 15.5. The Labute approximate surface area is 146 Å². The van der Waals surface area contributed by atoms with E-state index in [-0.39, 0.29) is 0 Å². The van der Waals surface area contributed by atoms with Gasteiger partial charge in [0.15, 0.2) is 5.96 Å². The molecule has 3 rings (SSSR count). The number of aromatic nitrogens is 2. The highest BCUT2D eigenvalue weighted by atomic mass is 15.3. The zero-order valence-electron chi connectivity index (χ0n) is 15.5. The molecule has 1 aromatic rings. The summed E-state index contributed by atoms with van der Waals surface area (Å²) in [6.45, 7) is 8.63. The highest BCUT2D eigenvalue weighted by molar-refractivity contribution is 5.80. The fourth-order valence-corrected chi connectivity index (χ4v) is 4.17. The van der Waals surface area contributed by atoms with E-state index in [1.165, 1.54) is 37.7 Å². The Hall–Kier alpha value is -1.52. The summed E-state index contributed by atoms with van der Waals surface area (Å²) in [5, 5.41) is 7.84. The van der Waals surface area contributed by atoms with Gasteiger partial charge in [0.1, 0.15) is 0 Å². The van der Waals surface area contributed by atoms with Crippen LogP contribution in [0.4, 0.5) is 0 Å². The predicted octanol–water partition coefficient (Wildman–Crippen LogP) is 3.00. The average molecular weight is 332 g/mol. The number of aliphatic imine (C=N–C) groups is 1. The van der Waals surface area contributed by atoms with Gasteiger partial charge in [0.2, 0.25) is 0 Å². The van der Waals surface area contributed by atoms with Crippen LogP contribution < -0.4 is 5.32 Å². The van der Waals surface area contributed by atoms with Crippen molar-refractivity contribution >= 4 is 5.96 Å². The zero-order chi connectivity index (χ0) is 16.9. The molecular formula is C19H33N5. The van der Waals surface area contributed by atoms with Crippen LogP contribution in [0, 0.1) is 11.8 Å². The summed E-state index contributed by atoms with van der Waals surface area (Å²) < 4.78 is 1.90. The molecule has 1 saturated carbocycles. The monoisotopic (exact) mass is 331 g/mol. The second-order valence-electron chi connectivity index (χ2n) is 7.60. The molecule has 1 saturated heterocycles. The van der Waals surface area contributed by atoms with Crippen LogP contribution >= 0.6 is 0 Å². The third kappa shape index (κ3) is 4.11. The fourth-order valence-electron chi connectivity index (χ4n) is 4.17. The van der Waals surface area contributed by atoms with Gasteiger partial charge >= 0.3 is 0 Å². The molecule has 2 fully saturated rings. The molecule has 3 atom stereocenters. The van der Waals surface area contributed by atoms with Crippen molar-refractivity contribution in [2.75, 3.05) is 26.2 Å². The van der Waals surface area contributed by atoms with Crippen LogP contribution in [0.5, 0.6) is 0 Å².